The first-order valence-electron chi connectivity index (χ1n) is 7.10. The van der Waals surface area contributed by atoms with Gasteiger partial charge in [0.2, 0.25) is 0 Å². The van der Waals surface area contributed by atoms with Crippen LogP contribution in [0.5, 0.6) is 0 Å². The summed E-state index contributed by atoms with van der Waals surface area (Å²) in [7, 11) is 3.95. The van der Waals surface area contributed by atoms with E-state index in [1.54, 1.807) is 12.1 Å². The lowest BCUT2D eigenvalue weighted by Crippen LogP contribution is -2.53. The molecule has 4 heteroatoms. The zero-order valence-corrected chi connectivity index (χ0v) is 12.8. The monoisotopic (exact) mass is 297 g/mol. The molecule has 1 aromatic rings. The Bertz CT molecular complexity index is 495. The summed E-state index contributed by atoms with van der Waals surface area (Å²) in [5.41, 5.74) is 0.423. The highest BCUT2D eigenvalue weighted by atomic mass is 35.5. The molecule has 0 atom stereocenters. The van der Waals surface area contributed by atoms with E-state index in [4.69, 9.17) is 11.6 Å². The van der Waals surface area contributed by atoms with Crippen LogP contribution in [0.3, 0.4) is 0 Å². The Labute approximate surface area is 124 Å². The molecular formula is C16H21ClFNO. The number of hydrogen-bond acceptors (Lipinski definition) is 2. The number of benzene rings is 1. The maximum atomic E-state index is 13.2. The number of nitrogens with zero attached hydrogens (tertiary/aromatic N) is 1. The molecule has 20 heavy (non-hydrogen) atoms. The SMILES string of the molecule is CN(C)C1(C(=O)Cc2ccc(F)c(Cl)c2)CCCCC1. The number of Topliss-reactive ketones (excluding diaryl/α,β-unsaturated/α-hetero) is 1. The molecule has 1 aromatic carbocycles. The average Bonchev–Trinajstić information content (AvgIpc) is 2.43. The molecule has 1 saturated carbocycles. The van der Waals surface area contributed by atoms with Crippen molar-refractivity contribution < 1.29 is 9.18 Å². The number of halogens is 2. The number of carbonyl (C=O) groups is 1. The maximum Gasteiger partial charge on any atom is 0.157 e. The first-order valence-corrected chi connectivity index (χ1v) is 7.48. The van der Waals surface area contributed by atoms with Crippen LogP contribution in [0, 0.1) is 5.82 Å². The molecule has 0 radical (unpaired) electrons. The number of likely N-dealkylation sites (N-methyl/N-ethyl adjacent to an activating group) is 1. The molecule has 0 amide bonds. The van der Waals surface area contributed by atoms with Crippen molar-refractivity contribution in [3.63, 3.8) is 0 Å². The maximum absolute atomic E-state index is 13.2. The Hall–Kier alpha value is -0.930. The van der Waals surface area contributed by atoms with Gasteiger partial charge in [-0.25, -0.2) is 4.39 Å². The first kappa shape index (κ1) is 15.5. The quantitative estimate of drug-likeness (QED) is 0.841. The molecule has 0 saturated heterocycles. The molecule has 1 aliphatic rings. The summed E-state index contributed by atoms with van der Waals surface area (Å²) in [6, 6.07) is 4.53. The van der Waals surface area contributed by atoms with Crippen molar-refractivity contribution in [2.24, 2.45) is 0 Å². The van der Waals surface area contributed by atoms with Gasteiger partial charge < -0.3 is 0 Å². The van der Waals surface area contributed by atoms with Gasteiger partial charge in [-0.05, 0) is 44.6 Å². The van der Waals surface area contributed by atoms with Crippen molar-refractivity contribution in [3.8, 4) is 0 Å². The van der Waals surface area contributed by atoms with Crippen LogP contribution < -0.4 is 0 Å². The summed E-state index contributed by atoms with van der Waals surface area (Å²) in [4.78, 5) is 14.8. The van der Waals surface area contributed by atoms with Gasteiger partial charge in [0.25, 0.3) is 0 Å². The lowest BCUT2D eigenvalue weighted by molar-refractivity contribution is -0.131. The van der Waals surface area contributed by atoms with Crippen molar-refractivity contribution in [1.29, 1.82) is 0 Å². The predicted octanol–water partition coefficient (Wildman–Crippen LogP) is 3.86. The van der Waals surface area contributed by atoms with Crippen molar-refractivity contribution in [2.75, 3.05) is 14.1 Å². The summed E-state index contributed by atoms with van der Waals surface area (Å²) in [6.07, 6.45) is 5.52. The largest absolute Gasteiger partial charge is 0.297 e. The molecule has 110 valence electrons. The van der Waals surface area contributed by atoms with Crippen molar-refractivity contribution in [3.05, 3.63) is 34.6 Å². The number of ketones is 1. The van der Waals surface area contributed by atoms with Gasteiger partial charge in [0.15, 0.2) is 5.78 Å². The molecular weight excluding hydrogens is 277 g/mol. The minimum atomic E-state index is -0.442. The fourth-order valence-electron chi connectivity index (χ4n) is 3.11. The topological polar surface area (TPSA) is 20.3 Å². The third kappa shape index (κ3) is 3.04. The van der Waals surface area contributed by atoms with Crippen LogP contribution in [0.1, 0.15) is 37.7 Å². The van der Waals surface area contributed by atoms with Crippen LogP contribution in [0.25, 0.3) is 0 Å². The highest BCUT2D eigenvalue weighted by Crippen LogP contribution is 2.34. The molecule has 0 heterocycles. The Morgan fingerprint density at radius 3 is 2.50 bits per heavy atom. The summed E-state index contributed by atoms with van der Waals surface area (Å²) in [5.74, 6) is -0.229. The van der Waals surface area contributed by atoms with Crippen LogP contribution >= 0.6 is 11.6 Å². The van der Waals surface area contributed by atoms with E-state index in [0.717, 1.165) is 31.2 Å². The van der Waals surface area contributed by atoms with E-state index >= 15 is 0 Å². The second-order valence-electron chi connectivity index (χ2n) is 5.84. The molecule has 2 nitrogen and oxygen atoms in total. The van der Waals surface area contributed by atoms with E-state index < -0.39 is 5.82 Å². The zero-order valence-electron chi connectivity index (χ0n) is 12.1. The van der Waals surface area contributed by atoms with Crippen LogP contribution in [0.4, 0.5) is 4.39 Å². The van der Waals surface area contributed by atoms with Gasteiger partial charge in [0.1, 0.15) is 5.82 Å². The molecule has 0 spiro atoms. The van der Waals surface area contributed by atoms with Crippen LogP contribution in [0.15, 0.2) is 18.2 Å². The Morgan fingerprint density at radius 2 is 1.95 bits per heavy atom. The van der Waals surface area contributed by atoms with Gasteiger partial charge in [0, 0.05) is 6.42 Å². The third-order valence-electron chi connectivity index (χ3n) is 4.40. The van der Waals surface area contributed by atoms with Gasteiger partial charge >= 0.3 is 0 Å². The fourth-order valence-corrected chi connectivity index (χ4v) is 3.31. The molecule has 0 aromatic heterocycles. The molecule has 0 aliphatic heterocycles. The summed E-state index contributed by atoms with van der Waals surface area (Å²) >= 11 is 5.78. The lowest BCUT2D eigenvalue weighted by atomic mass is 9.76. The number of hydrogen-bond donors (Lipinski definition) is 0. The van der Waals surface area contributed by atoms with E-state index in [-0.39, 0.29) is 16.3 Å². The van der Waals surface area contributed by atoms with E-state index in [2.05, 4.69) is 4.90 Å². The Morgan fingerprint density at radius 1 is 1.30 bits per heavy atom. The Kier molecular flexibility index (Phi) is 4.82. The smallest absolute Gasteiger partial charge is 0.157 e. The third-order valence-corrected chi connectivity index (χ3v) is 4.69. The van der Waals surface area contributed by atoms with E-state index in [1.807, 2.05) is 14.1 Å². The van der Waals surface area contributed by atoms with Crippen LogP contribution in [-0.4, -0.2) is 30.3 Å². The second kappa shape index (κ2) is 6.23. The fraction of sp³-hybridized carbons (Fsp3) is 0.562. The minimum Gasteiger partial charge on any atom is -0.297 e. The zero-order chi connectivity index (χ0) is 14.8. The second-order valence-corrected chi connectivity index (χ2v) is 6.24. The average molecular weight is 298 g/mol. The Balaban J connectivity index is 2.18. The van der Waals surface area contributed by atoms with Crippen molar-refractivity contribution in [2.45, 2.75) is 44.1 Å². The van der Waals surface area contributed by atoms with Crippen molar-refractivity contribution in [1.82, 2.24) is 4.90 Å². The first-order chi connectivity index (χ1) is 9.45. The van der Waals surface area contributed by atoms with Gasteiger partial charge in [0.05, 0.1) is 10.6 Å². The van der Waals surface area contributed by atoms with E-state index in [9.17, 15) is 9.18 Å². The standard InChI is InChI=1S/C16H21ClFNO/c1-19(2)16(8-4-3-5-9-16)15(20)11-12-6-7-14(18)13(17)10-12/h6-7,10H,3-5,8-9,11H2,1-2H3. The van der Waals surface area contributed by atoms with Gasteiger partial charge in [-0.2, -0.15) is 0 Å². The molecule has 2 rings (SSSR count). The van der Waals surface area contributed by atoms with Gasteiger partial charge in [-0.15, -0.1) is 0 Å². The molecule has 0 bridgehead atoms. The van der Waals surface area contributed by atoms with E-state index in [0.29, 0.717) is 6.42 Å². The van der Waals surface area contributed by atoms with E-state index in [1.165, 1.54) is 12.5 Å². The van der Waals surface area contributed by atoms with Gasteiger partial charge in [-0.1, -0.05) is 36.9 Å². The summed E-state index contributed by atoms with van der Waals surface area (Å²) in [5, 5.41) is 0.0813. The summed E-state index contributed by atoms with van der Waals surface area (Å²) < 4.78 is 13.2. The lowest BCUT2D eigenvalue weighted by Gasteiger charge is -2.41. The highest BCUT2D eigenvalue weighted by molar-refractivity contribution is 6.30. The number of carbonyl (C=O) groups excluding carboxylic acids is 1. The minimum absolute atomic E-state index is 0.0813. The highest BCUT2D eigenvalue weighted by Gasteiger charge is 2.40. The van der Waals surface area contributed by atoms with Crippen LogP contribution in [0.2, 0.25) is 5.02 Å². The summed E-state index contributed by atoms with van der Waals surface area (Å²) in [6.45, 7) is 0. The molecule has 0 unspecified atom stereocenters. The van der Waals surface area contributed by atoms with Gasteiger partial charge in [-0.3, -0.25) is 9.69 Å². The molecule has 1 fully saturated rings. The van der Waals surface area contributed by atoms with Crippen molar-refractivity contribution >= 4 is 17.4 Å². The predicted molar refractivity (Wildman–Crippen MR) is 79.6 cm³/mol. The normalized spacial score (nSPS) is 18.2. The molecule has 1 aliphatic carbocycles. The van der Waals surface area contributed by atoms with Crippen LogP contribution in [-0.2, 0) is 11.2 Å². The number of rotatable bonds is 4. The molecule has 0 N–H and O–H groups in total.